The van der Waals surface area contributed by atoms with Crippen molar-refractivity contribution in [3.8, 4) is 0 Å². The van der Waals surface area contributed by atoms with E-state index >= 15 is 0 Å². The number of oxime groups is 1. The lowest BCUT2D eigenvalue weighted by Gasteiger charge is -2.02. The first-order chi connectivity index (χ1) is 7.43. The van der Waals surface area contributed by atoms with Gasteiger partial charge < -0.3 is 10.5 Å². The van der Waals surface area contributed by atoms with Crippen LogP contribution in [0.2, 0.25) is 0 Å². The summed E-state index contributed by atoms with van der Waals surface area (Å²) in [5.41, 5.74) is 0. The zero-order chi connectivity index (χ0) is 13.0. The Hall–Kier alpha value is -1.32. The lowest BCUT2D eigenvalue weighted by atomic mass is 10.1. The molecule has 0 rings (SSSR count). The third kappa shape index (κ3) is 18.5. The van der Waals surface area contributed by atoms with Crippen LogP contribution < -0.4 is 5.32 Å². The largest absolute Gasteiger partial charge is 0.411 e. The van der Waals surface area contributed by atoms with Crippen molar-refractivity contribution in [2.45, 2.75) is 34.1 Å². The van der Waals surface area contributed by atoms with Crippen LogP contribution in [0.25, 0.3) is 0 Å². The number of hydrogen-bond acceptors (Lipinski definition) is 3. The Balaban J connectivity index is 0. The van der Waals surface area contributed by atoms with Gasteiger partial charge in [0.2, 0.25) is 0 Å². The molecule has 2 N–H and O–H groups in total. The molecule has 0 aliphatic rings. The zero-order valence-corrected chi connectivity index (χ0v) is 10.7. The van der Waals surface area contributed by atoms with Crippen LogP contribution in [-0.4, -0.2) is 23.9 Å². The van der Waals surface area contributed by atoms with Gasteiger partial charge in [0.05, 0.1) is 0 Å². The highest BCUT2D eigenvalue weighted by molar-refractivity contribution is 6.25. The van der Waals surface area contributed by atoms with Crippen molar-refractivity contribution >= 4 is 12.1 Å². The van der Waals surface area contributed by atoms with E-state index in [1.807, 2.05) is 19.9 Å². The molecule has 0 saturated carbocycles. The molecule has 4 nitrogen and oxygen atoms in total. The fraction of sp³-hybridized carbons (Fsp3) is 0.667. The molecule has 0 saturated heterocycles. The van der Waals surface area contributed by atoms with E-state index in [1.165, 1.54) is 0 Å². The highest BCUT2D eigenvalue weighted by Gasteiger charge is 1.96. The van der Waals surface area contributed by atoms with E-state index in [4.69, 9.17) is 5.21 Å². The third-order valence-corrected chi connectivity index (χ3v) is 1.50. The van der Waals surface area contributed by atoms with E-state index in [1.54, 1.807) is 0 Å². The van der Waals surface area contributed by atoms with Crippen LogP contribution in [0.3, 0.4) is 0 Å². The topological polar surface area (TPSA) is 61.7 Å². The monoisotopic (exact) mass is 228 g/mol. The summed E-state index contributed by atoms with van der Waals surface area (Å²) in [6.07, 6.45) is 3.92. The molecule has 0 spiro atoms. The number of rotatable bonds is 5. The average molecular weight is 228 g/mol. The number of amides is 1. The van der Waals surface area contributed by atoms with Gasteiger partial charge in [-0.15, -0.1) is 6.58 Å². The molecule has 16 heavy (non-hydrogen) atoms. The SMILES string of the molecule is C=CCC(C)C.CC(C)CNC(=O)/C=N\O. The van der Waals surface area contributed by atoms with Crippen LogP contribution >= 0.6 is 0 Å². The molecule has 0 aromatic rings. The minimum atomic E-state index is -0.365. The summed E-state index contributed by atoms with van der Waals surface area (Å²) in [5, 5.41) is 13.0. The second kappa shape index (κ2) is 11.8. The second-order valence-electron chi connectivity index (χ2n) is 4.30. The number of allylic oxidation sites excluding steroid dienone is 1. The van der Waals surface area contributed by atoms with Gasteiger partial charge in [0, 0.05) is 6.54 Å². The highest BCUT2D eigenvalue weighted by Crippen LogP contribution is 1.96. The van der Waals surface area contributed by atoms with Gasteiger partial charge in [-0.05, 0) is 18.3 Å². The predicted octanol–water partition coefficient (Wildman–Crippen LogP) is 2.44. The molecule has 4 heteroatoms. The highest BCUT2D eigenvalue weighted by atomic mass is 16.4. The molecular weight excluding hydrogens is 204 g/mol. The van der Waals surface area contributed by atoms with Gasteiger partial charge in [-0.25, -0.2) is 0 Å². The first-order valence-electron chi connectivity index (χ1n) is 5.50. The molecule has 0 heterocycles. The standard InChI is InChI=1S/C6H12N2O2.C6H12/c1-5(2)3-7-6(9)4-8-10;1-4-5-6(2)3/h4-5,10H,3H2,1-2H3,(H,7,9);4,6H,1,5H2,2-3H3/b8-4-;. The molecule has 0 bridgehead atoms. The van der Waals surface area contributed by atoms with Crippen LogP contribution in [0.15, 0.2) is 17.8 Å². The summed E-state index contributed by atoms with van der Waals surface area (Å²) in [5.74, 6) is 0.828. The maximum absolute atomic E-state index is 10.5. The van der Waals surface area contributed by atoms with Crippen molar-refractivity contribution in [1.82, 2.24) is 5.32 Å². The van der Waals surface area contributed by atoms with Crippen LogP contribution in [0.1, 0.15) is 34.1 Å². The molecule has 94 valence electrons. The Bertz CT molecular complexity index is 211. The first kappa shape index (κ1) is 17.1. The summed E-state index contributed by atoms with van der Waals surface area (Å²) in [4.78, 5) is 10.5. The van der Waals surface area contributed by atoms with Gasteiger partial charge in [0.1, 0.15) is 6.21 Å². The number of nitrogens with zero attached hydrogens (tertiary/aromatic N) is 1. The summed E-state index contributed by atoms with van der Waals surface area (Å²) in [6.45, 7) is 12.5. The molecule has 0 aromatic carbocycles. The van der Waals surface area contributed by atoms with Gasteiger partial charge in [0.15, 0.2) is 0 Å². The maximum atomic E-state index is 10.5. The van der Waals surface area contributed by atoms with E-state index in [0.29, 0.717) is 12.5 Å². The summed E-state index contributed by atoms with van der Waals surface area (Å²) in [6, 6.07) is 0. The number of nitrogens with one attached hydrogen (secondary N) is 1. The fourth-order valence-corrected chi connectivity index (χ4v) is 0.736. The van der Waals surface area contributed by atoms with Crippen molar-refractivity contribution in [3.05, 3.63) is 12.7 Å². The van der Waals surface area contributed by atoms with Crippen molar-refractivity contribution < 1.29 is 10.0 Å². The Morgan fingerprint density at radius 3 is 2.19 bits per heavy atom. The van der Waals surface area contributed by atoms with E-state index in [9.17, 15) is 4.79 Å². The van der Waals surface area contributed by atoms with Crippen molar-refractivity contribution in [3.63, 3.8) is 0 Å². The number of hydrogen-bond donors (Lipinski definition) is 2. The maximum Gasteiger partial charge on any atom is 0.265 e. The fourth-order valence-electron chi connectivity index (χ4n) is 0.736. The first-order valence-corrected chi connectivity index (χ1v) is 5.50. The smallest absolute Gasteiger partial charge is 0.265 e. The minimum Gasteiger partial charge on any atom is -0.411 e. The molecule has 0 radical (unpaired) electrons. The van der Waals surface area contributed by atoms with Crippen LogP contribution in [0.5, 0.6) is 0 Å². The molecule has 0 aliphatic heterocycles. The Labute approximate surface area is 98.4 Å². The van der Waals surface area contributed by atoms with Gasteiger partial charge in [-0.2, -0.15) is 0 Å². The molecule has 0 aliphatic carbocycles. The lowest BCUT2D eigenvalue weighted by Crippen LogP contribution is -2.27. The average Bonchev–Trinajstić information content (AvgIpc) is 2.16. The molecule has 0 atom stereocenters. The van der Waals surface area contributed by atoms with Gasteiger partial charge in [0.25, 0.3) is 5.91 Å². The van der Waals surface area contributed by atoms with E-state index < -0.39 is 0 Å². The third-order valence-electron chi connectivity index (χ3n) is 1.50. The predicted molar refractivity (Wildman–Crippen MR) is 67.8 cm³/mol. The number of carbonyl (C=O) groups excluding carboxylic acids is 1. The lowest BCUT2D eigenvalue weighted by molar-refractivity contribution is -0.114. The second-order valence-corrected chi connectivity index (χ2v) is 4.30. The van der Waals surface area contributed by atoms with Crippen LogP contribution in [-0.2, 0) is 4.79 Å². The summed E-state index contributed by atoms with van der Waals surface area (Å²) >= 11 is 0. The van der Waals surface area contributed by atoms with Crippen LogP contribution in [0.4, 0.5) is 0 Å². The Morgan fingerprint density at radius 2 is 1.94 bits per heavy atom. The van der Waals surface area contributed by atoms with Crippen molar-refractivity contribution in [1.29, 1.82) is 0 Å². The van der Waals surface area contributed by atoms with Crippen LogP contribution in [0, 0.1) is 11.8 Å². The van der Waals surface area contributed by atoms with E-state index in [2.05, 4.69) is 30.9 Å². The Morgan fingerprint density at radius 1 is 1.38 bits per heavy atom. The molecule has 0 fully saturated rings. The molecule has 0 unspecified atom stereocenters. The minimum absolute atomic E-state index is 0.365. The molecule has 0 aromatic heterocycles. The van der Waals surface area contributed by atoms with Gasteiger partial charge in [-0.3, -0.25) is 4.79 Å². The van der Waals surface area contributed by atoms with Crippen molar-refractivity contribution in [2.75, 3.05) is 6.54 Å². The van der Waals surface area contributed by atoms with Gasteiger partial charge >= 0.3 is 0 Å². The Kier molecular flexibility index (Phi) is 12.6. The quantitative estimate of drug-likeness (QED) is 0.328. The van der Waals surface area contributed by atoms with Crippen molar-refractivity contribution in [2.24, 2.45) is 17.0 Å². The summed E-state index contributed by atoms with van der Waals surface area (Å²) < 4.78 is 0. The van der Waals surface area contributed by atoms with E-state index in [0.717, 1.165) is 18.6 Å². The molecule has 1 amide bonds. The zero-order valence-electron chi connectivity index (χ0n) is 10.7. The number of carbonyl (C=O) groups is 1. The normalized spacial score (nSPS) is 10.1. The molecular formula is C12H24N2O2. The van der Waals surface area contributed by atoms with E-state index in [-0.39, 0.29) is 5.91 Å². The summed E-state index contributed by atoms with van der Waals surface area (Å²) in [7, 11) is 0. The van der Waals surface area contributed by atoms with Gasteiger partial charge in [-0.1, -0.05) is 38.9 Å².